The van der Waals surface area contributed by atoms with Gasteiger partial charge < -0.3 is 14.6 Å². The molecular formula is C15H22BrNO3. The molecule has 0 radical (unpaired) electrons. The second kappa shape index (κ2) is 6.70. The summed E-state index contributed by atoms with van der Waals surface area (Å²) in [5.74, 6) is -0.194. The molecule has 1 aliphatic rings. The quantitative estimate of drug-likeness (QED) is 0.481. The van der Waals surface area contributed by atoms with E-state index in [9.17, 15) is 10.0 Å². The Morgan fingerprint density at radius 1 is 1.30 bits per heavy atom. The number of halogens is 1. The van der Waals surface area contributed by atoms with Crippen LogP contribution >= 0.6 is 17.0 Å². The van der Waals surface area contributed by atoms with Crippen LogP contribution in [0.2, 0.25) is 0 Å². The van der Waals surface area contributed by atoms with Gasteiger partial charge in [-0.3, -0.25) is 4.79 Å². The van der Waals surface area contributed by atoms with Crippen LogP contribution in [-0.2, 0) is 14.9 Å². The van der Waals surface area contributed by atoms with Crippen molar-refractivity contribution in [1.29, 1.82) is 0 Å². The molecule has 0 saturated carbocycles. The van der Waals surface area contributed by atoms with Crippen LogP contribution in [0, 0.1) is 5.21 Å². The second-order valence-corrected chi connectivity index (χ2v) is 5.41. The molecule has 1 saturated heterocycles. The van der Waals surface area contributed by atoms with Gasteiger partial charge in [0.05, 0.1) is 26.7 Å². The van der Waals surface area contributed by atoms with Gasteiger partial charge in [0.2, 0.25) is 0 Å². The summed E-state index contributed by atoms with van der Waals surface area (Å²) in [7, 11) is 1.67. The summed E-state index contributed by atoms with van der Waals surface area (Å²) in [4.78, 5) is 12.4. The van der Waals surface area contributed by atoms with Gasteiger partial charge in [0, 0.05) is 12.8 Å². The van der Waals surface area contributed by atoms with Crippen LogP contribution in [0.5, 0.6) is 0 Å². The molecule has 2 rings (SSSR count). The van der Waals surface area contributed by atoms with Crippen LogP contribution in [-0.4, -0.2) is 37.4 Å². The van der Waals surface area contributed by atoms with E-state index in [1.807, 2.05) is 37.3 Å². The van der Waals surface area contributed by atoms with Crippen molar-refractivity contribution >= 4 is 23.0 Å². The molecule has 20 heavy (non-hydrogen) atoms. The summed E-state index contributed by atoms with van der Waals surface area (Å²) in [6, 6.07) is 9.69. The lowest BCUT2D eigenvalue weighted by atomic mass is 9.72. The Morgan fingerprint density at radius 2 is 1.85 bits per heavy atom. The van der Waals surface area contributed by atoms with Gasteiger partial charge in [-0.05, 0) is 12.5 Å². The third-order valence-electron chi connectivity index (χ3n) is 4.02. The third kappa shape index (κ3) is 3.40. The molecule has 5 heteroatoms. The van der Waals surface area contributed by atoms with Crippen LogP contribution in [0.1, 0.15) is 25.3 Å². The van der Waals surface area contributed by atoms with Crippen LogP contribution < -0.4 is 0 Å². The number of rotatable bonds is 3. The number of carbonyl (C=O) groups is 1. The van der Waals surface area contributed by atoms with E-state index >= 15 is 0 Å². The van der Waals surface area contributed by atoms with Gasteiger partial charge in [0.15, 0.2) is 0 Å². The van der Waals surface area contributed by atoms with Crippen LogP contribution in [0.25, 0.3) is 0 Å². The molecule has 1 aromatic carbocycles. The maximum atomic E-state index is 12.4. The highest BCUT2D eigenvalue weighted by Gasteiger charge is 2.46. The fourth-order valence-corrected chi connectivity index (χ4v) is 2.73. The minimum atomic E-state index is -0.639. The van der Waals surface area contributed by atoms with Crippen molar-refractivity contribution in [3.05, 3.63) is 41.1 Å². The highest BCUT2D eigenvalue weighted by molar-refractivity contribution is 8.93. The number of likely N-dealkylation sites (tertiary alicyclic amines) is 1. The maximum Gasteiger partial charge on any atom is 0.317 e. The summed E-state index contributed by atoms with van der Waals surface area (Å²) in [6.45, 7) is 3.09. The Balaban J connectivity index is 0.00000200. The van der Waals surface area contributed by atoms with E-state index in [4.69, 9.17) is 4.74 Å². The number of nitrogens with zero attached hydrogens (tertiary/aromatic N) is 1. The van der Waals surface area contributed by atoms with Gasteiger partial charge in [0.1, 0.15) is 5.41 Å². The summed E-state index contributed by atoms with van der Waals surface area (Å²) in [5.41, 5.74) is 0.326. The van der Waals surface area contributed by atoms with Gasteiger partial charge in [-0.15, -0.1) is 17.0 Å². The molecule has 1 aromatic rings. The molecule has 4 nitrogen and oxygen atoms in total. The zero-order valence-electron chi connectivity index (χ0n) is 12.0. The lowest BCUT2D eigenvalue weighted by Gasteiger charge is -2.48. The second-order valence-electron chi connectivity index (χ2n) is 5.41. The standard InChI is InChI=1S/C15H21NO3.BrH/c1-3-19-14(17)15(13-7-5-4-6-8-13)9-11-16(2,18)12-10-15;/h4-8H,3,9-12H2,1-2H3;1H. The Labute approximate surface area is 130 Å². The maximum absolute atomic E-state index is 12.4. The first-order valence-electron chi connectivity index (χ1n) is 6.78. The Hall–Kier alpha value is -0.910. The number of hydroxylamine groups is 3. The normalized spacial score (nSPS) is 29.4. The number of hydrogen-bond acceptors (Lipinski definition) is 3. The van der Waals surface area contributed by atoms with Crippen molar-refractivity contribution in [3.8, 4) is 0 Å². The van der Waals surface area contributed by atoms with Crippen LogP contribution in [0.3, 0.4) is 0 Å². The van der Waals surface area contributed by atoms with E-state index in [-0.39, 0.29) is 27.6 Å². The largest absolute Gasteiger partial charge is 0.633 e. The fourth-order valence-electron chi connectivity index (χ4n) is 2.73. The highest BCUT2D eigenvalue weighted by Crippen LogP contribution is 2.38. The molecular weight excluding hydrogens is 322 g/mol. The van der Waals surface area contributed by atoms with Gasteiger partial charge in [0.25, 0.3) is 0 Å². The van der Waals surface area contributed by atoms with Gasteiger partial charge >= 0.3 is 5.97 Å². The molecule has 0 bridgehead atoms. The molecule has 112 valence electrons. The molecule has 0 N–H and O–H groups in total. The average Bonchev–Trinajstić information content (AvgIpc) is 2.40. The minimum Gasteiger partial charge on any atom is -0.633 e. The van der Waals surface area contributed by atoms with Crippen molar-refractivity contribution in [3.63, 3.8) is 0 Å². The molecule has 1 heterocycles. The Morgan fingerprint density at radius 3 is 2.35 bits per heavy atom. The Bertz CT molecular complexity index is 438. The van der Waals surface area contributed by atoms with Gasteiger partial charge in [-0.2, -0.15) is 0 Å². The number of quaternary nitrogens is 1. The van der Waals surface area contributed by atoms with E-state index in [0.29, 0.717) is 32.5 Å². The molecule has 0 aliphatic carbocycles. The van der Waals surface area contributed by atoms with E-state index in [1.165, 1.54) is 0 Å². The van der Waals surface area contributed by atoms with Gasteiger partial charge in [-0.1, -0.05) is 30.3 Å². The first kappa shape index (κ1) is 17.1. The topological polar surface area (TPSA) is 49.4 Å². The summed E-state index contributed by atoms with van der Waals surface area (Å²) >= 11 is 0. The third-order valence-corrected chi connectivity index (χ3v) is 4.02. The fraction of sp³-hybridized carbons (Fsp3) is 0.533. The molecule has 0 amide bonds. The minimum absolute atomic E-state index is 0. The summed E-state index contributed by atoms with van der Waals surface area (Å²) < 4.78 is 4.99. The molecule has 0 atom stereocenters. The first-order valence-corrected chi connectivity index (χ1v) is 6.78. The lowest BCUT2D eigenvalue weighted by molar-refractivity contribution is -0.867. The monoisotopic (exact) mass is 343 g/mol. The van der Waals surface area contributed by atoms with Crippen LogP contribution in [0.15, 0.2) is 30.3 Å². The van der Waals surface area contributed by atoms with Gasteiger partial charge in [-0.25, -0.2) is 0 Å². The Kier molecular flexibility index (Phi) is 5.74. The summed E-state index contributed by atoms with van der Waals surface area (Å²) in [5, 5.41) is 12.0. The van der Waals surface area contributed by atoms with Crippen molar-refractivity contribution in [2.24, 2.45) is 0 Å². The lowest BCUT2D eigenvalue weighted by Crippen LogP contribution is -2.53. The smallest absolute Gasteiger partial charge is 0.317 e. The molecule has 0 spiro atoms. The van der Waals surface area contributed by atoms with E-state index in [1.54, 1.807) is 7.05 Å². The van der Waals surface area contributed by atoms with Crippen molar-refractivity contribution in [2.75, 3.05) is 26.7 Å². The number of ether oxygens (including phenoxy) is 1. The van der Waals surface area contributed by atoms with Crippen LogP contribution in [0.4, 0.5) is 0 Å². The first-order chi connectivity index (χ1) is 9.00. The summed E-state index contributed by atoms with van der Waals surface area (Å²) in [6.07, 6.45) is 1.10. The van der Waals surface area contributed by atoms with E-state index < -0.39 is 5.41 Å². The highest BCUT2D eigenvalue weighted by atomic mass is 79.9. The van der Waals surface area contributed by atoms with Crippen molar-refractivity contribution in [1.82, 2.24) is 0 Å². The zero-order chi connectivity index (χ0) is 13.9. The predicted molar refractivity (Wildman–Crippen MR) is 83.6 cm³/mol. The zero-order valence-corrected chi connectivity index (χ0v) is 13.7. The average molecular weight is 344 g/mol. The van der Waals surface area contributed by atoms with E-state index in [2.05, 4.69) is 0 Å². The number of hydrogen-bond donors (Lipinski definition) is 0. The SMILES string of the molecule is Br.CCOC(=O)C1(c2ccccc2)CC[N+](C)([O-])CC1. The molecule has 1 fully saturated rings. The number of carbonyl (C=O) groups excluding carboxylic acids is 1. The number of benzene rings is 1. The van der Waals surface area contributed by atoms with E-state index in [0.717, 1.165) is 5.56 Å². The van der Waals surface area contributed by atoms with Crippen molar-refractivity contribution in [2.45, 2.75) is 25.2 Å². The molecule has 1 aliphatic heterocycles. The van der Waals surface area contributed by atoms with Crippen molar-refractivity contribution < 1.29 is 14.2 Å². The molecule has 0 aromatic heterocycles. The predicted octanol–water partition coefficient (Wildman–Crippen LogP) is 2.80. The number of piperidine rings is 1. The number of esters is 1. The molecule has 0 unspecified atom stereocenters.